The minimum absolute atomic E-state index is 0.111. The van der Waals surface area contributed by atoms with E-state index in [2.05, 4.69) is 0 Å². The molecule has 0 bridgehead atoms. The first kappa shape index (κ1) is 8.93. The Bertz CT molecular complexity index is 219. The smallest absolute Gasteiger partial charge is 0.254 e. The number of piperazine rings is 1. The molecular weight excluding hydrogens is 170 g/mol. The molecule has 0 radical (unpaired) electrons. The van der Waals surface area contributed by atoms with Crippen LogP contribution in [0, 0.1) is 0 Å². The zero-order valence-corrected chi connectivity index (χ0v) is 7.57. The standard InChI is InChI=1S/C8H15N3O2/c9-11-5-3-10(4-6-11)7(12)8(13)1-2-8/h13H,1-6,9H2. The molecule has 0 unspecified atom stereocenters. The minimum Gasteiger partial charge on any atom is -0.380 e. The Hall–Kier alpha value is -0.650. The van der Waals surface area contributed by atoms with Crippen LogP contribution < -0.4 is 5.84 Å². The van der Waals surface area contributed by atoms with Crippen molar-refractivity contribution < 1.29 is 9.90 Å². The van der Waals surface area contributed by atoms with Crippen LogP contribution in [0.3, 0.4) is 0 Å². The van der Waals surface area contributed by atoms with Crippen molar-refractivity contribution in [3.8, 4) is 0 Å². The molecule has 3 N–H and O–H groups in total. The fourth-order valence-corrected chi connectivity index (χ4v) is 1.55. The summed E-state index contributed by atoms with van der Waals surface area (Å²) in [6.45, 7) is 2.67. The van der Waals surface area contributed by atoms with Crippen LogP contribution in [-0.2, 0) is 4.79 Å². The van der Waals surface area contributed by atoms with E-state index in [0.717, 1.165) is 0 Å². The molecule has 1 heterocycles. The van der Waals surface area contributed by atoms with Gasteiger partial charge in [0.15, 0.2) is 0 Å². The molecule has 1 aliphatic heterocycles. The number of nitrogens with two attached hydrogens (primary N) is 1. The lowest BCUT2D eigenvalue weighted by atomic mass is 10.2. The summed E-state index contributed by atoms with van der Waals surface area (Å²) in [6.07, 6.45) is 1.24. The molecule has 1 aliphatic carbocycles. The molecule has 1 amide bonds. The summed E-state index contributed by atoms with van der Waals surface area (Å²) in [6, 6.07) is 0. The zero-order chi connectivity index (χ0) is 9.47. The lowest BCUT2D eigenvalue weighted by Gasteiger charge is -2.33. The van der Waals surface area contributed by atoms with E-state index in [1.807, 2.05) is 0 Å². The van der Waals surface area contributed by atoms with Crippen molar-refractivity contribution in [1.82, 2.24) is 9.91 Å². The third-order valence-electron chi connectivity index (χ3n) is 2.72. The highest BCUT2D eigenvalue weighted by Crippen LogP contribution is 2.36. The van der Waals surface area contributed by atoms with Crippen molar-refractivity contribution in [3.63, 3.8) is 0 Å². The van der Waals surface area contributed by atoms with Crippen molar-refractivity contribution >= 4 is 5.91 Å². The Morgan fingerprint density at radius 1 is 1.23 bits per heavy atom. The molecule has 0 aromatic heterocycles. The molecule has 2 fully saturated rings. The van der Waals surface area contributed by atoms with Gasteiger partial charge in [-0.15, -0.1) is 0 Å². The van der Waals surface area contributed by atoms with Gasteiger partial charge in [-0.25, -0.2) is 5.01 Å². The predicted molar refractivity (Wildman–Crippen MR) is 46.5 cm³/mol. The van der Waals surface area contributed by atoms with Crippen LogP contribution in [0.25, 0.3) is 0 Å². The van der Waals surface area contributed by atoms with Crippen molar-refractivity contribution in [2.45, 2.75) is 18.4 Å². The summed E-state index contributed by atoms with van der Waals surface area (Å²) < 4.78 is 0. The fraction of sp³-hybridized carbons (Fsp3) is 0.875. The van der Waals surface area contributed by atoms with Crippen LogP contribution >= 0.6 is 0 Å². The third-order valence-corrected chi connectivity index (χ3v) is 2.72. The number of amides is 1. The van der Waals surface area contributed by atoms with Gasteiger partial charge in [0.2, 0.25) is 0 Å². The Morgan fingerprint density at radius 3 is 2.23 bits per heavy atom. The molecule has 0 aromatic rings. The highest BCUT2D eigenvalue weighted by Gasteiger charge is 2.50. The third kappa shape index (κ3) is 1.67. The number of nitrogens with zero attached hydrogens (tertiary/aromatic N) is 2. The first-order valence-electron chi connectivity index (χ1n) is 4.63. The molecule has 2 rings (SSSR count). The van der Waals surface area contributed by atoms with Gasteiger partial charge in [0.05, 0.1) is 0 Å². The summed E-state index contributed by atoms with van der Waals surface area (Å²) in [5.74, 6) is 5.44. The van der Waals surface area contributed by atoms with E-state index in [1.54, 1.807) is 9.91 Å². The molecule has 13 heavy (non-hydrogen) atoms. The lowest BCUT2D eigenvalue weighted by Crippen LogP contribution is -2.53. The van der Waals surface area contributed by atoms with E-state index in [4.69, 9.17) is 5.84 Å². The number of hydrogen-bond donors (Lipinski definition) is 2. The molecule has 2 aliphatic rings. The molecule has 5 heteroatoms. The molecule has 1 saturated carbocycles. The Kier molecular flexibility index (Phi) is 2.02. The van der Waals surface area contributed by atoms with Crippen molar-refractivity contribution in [2.24, 2.45) is 5.84 Å². The second-order valence-corrected chi connectivity index (χ2v) is 3.86. The maximum absolute atomic E-state index is 11.6. The highest BCUT2D eigenvalue weighted by atomic mass is 16.3. The summed E-state index contributed by atoms with van der Waals surface area (Å²) in [7, 11) is 0. The van der Waals surface area contributed by atoms with E-state index in [1.165, 1.54) is 0 Å². The molecule has 5 nitrogen and oxygen atoms in total. The summed E-state index contributed by atoms with van der Waals surface area (Å²) in [5.41, 5.74) is -1.02. The van der Waals surface area contributed by atoms with Gasteiger partial charge < -0.3 is 10.0 Å². The number of aliphatic hydroxyl groups is 1. The largest absolute Gasteiger partial charge is 0.380 e. The molecule has 74 valence electrons. The molecule has 0 spiro atoms. The monoisotopic (exact) mass is 185 g/mol. The van der Waals surface area contributed by atoms with E-state index in [-0.39, 0.29) is 5.91 Å². The molecule has 1 saturated heterocycles. The number of carbonyl (C=O) groups excluding carboxylic acids is 1. The zero-order valence-electron chi connectivity index (χ0n) is 7.57. The van der Waals surface area contributed by atoms with Crippen LogP contribution in [-0.4, -0.2) is 52.7 Å². The summed E-state index contributed by atoms with van der Waals surface area (Å²) in [4.78, 5) is 13.3. The van der Waals surface area contributed by atoms with Gasteiger partial charge >= 0.3 is 0 Å². The van der Waals surface area contributed by atoms with Gasteiger partial charge in [-0.3, -0.25) is 10.6 Å². The molecular formula is C8H15N3O2. The fourth-order valence-electron chi connectivity index (χ4n) is 1.55. The van der Waals surface area contributed by atoms with Gasteiger partial charge in [-0.05, 0) is 12.8 Å². The second-order valence-electron chi connectivity index (χ2n) is 3.86. The summed E-state index contributed by atoms with van der Waals surface area (Å²) in [5, 5.41) is 11.3. The maximum Gasteiger partial charge on any atom is 0.254 e. The highest BCUT2D eigenvalue weighted by molar-refractivity contribution is 5.87. The second kappa shape index (κ2) is 2.94. The topological polar surface area (TPSA) is 69.8 Å². The van der Waals surface area contributed by atoms with E-state index < -0.39 is 5.60 Å². The van der Waals surface area contributed by atoms with E-state index in [9.17, 15) is 9.90 Å². The van der Waals surface area contributed by atoms with Gasteiger partial charge in [-0.1, -0.05) is 0 Å². The Balaban J connectivity index is 1.91. The van der Waals surface area contributed by atoms with Crippen LogP contribution in [0.15, 0.2) is 0 Å². The van der Waals surface area contributed by atoms with Gasteiger partial charge in [-0.2, -0.15) is 0 Å². The normalized spacial score (nSPS) is 27.4. The summed E-state index contributed by atoms with van der Waals surface area (Å²) >= 11 is 0. The quantitative estimate of drug-likeness (QED) is 0.489. The average Bonchev–Trinajstić information content (AvgIpc) is 2.85. The first-order chi connectivity index (χ1) is 6.12. The molecule has 0 aromatic carbocycles. The van der Waals surface area contributed by atoms with Gasteiger partial charge in [0, 0.05) is 26.2 Å². The number of hydrogen-bond acceptors (Lipinski definition) is 4. The minimum atomic E-state index is -1.02. The van der Waals surface area contributed by atoms with Crippen molar-refractivity contribution in [2.75, 3.05) is 26.2 Å². The van der Waals surface area contributed by atoms with Crippen molar-refractivity contribution in [1.29, 1.82) is 0 Å². The van der Waals surface area contributed by atoms with Crippen LogP contribution in [0.5, 0.6) is 0 Å². The first-order valence-corrected chi connectivity index (χ1v) is 4.63. The van der Waals surface area contributed by atoms with E-state index in [0.29, 0.717) is 39.0 Å². The Morgan fingerprint density at radius 2 is 1.77 bits per heavy atom. The number of carbonyl (C=O) groups is 1. The van der Waals surface area contributed by atoms with Crippen LogP contribution in [0.2, 0.25) is 0 Å². The van der Waals surface area contributed by atoms with E-state index >= 15 is 0 Å². The molecule has 0 atom stereocenters. The van der Waals surface area contributed by atoms with Gasteiger partial charge in [0.1, 0.15) is 5.60 Å². The SMILES string of the molecule is NN1CCN(C(=O)C2(O)CC2)CC1. The Labute approximate surface area is 77.1 Å². The number of rotatable bonds is 1. The number of hydrazine groups is 1. The average molecular weight is 185 g/mol. The van der Waals surface area contributed by atoms with Gasteiger partial charge in [0.25, 0.3) is 5.91 Å². The lowest BCUT2D eigenvalue weighted by molar-refractivity contribution is -0.144. The van der Waals surface area contributed by atoms with Crippen LogP contribution in [0.1, 0.15) is 12.8 Å². The predicted octanol–water partition coefficient (Wildman–Crippen LogP) is -1.47. The maximum atomic E-state index is 11.6. The van der Waals surface area contributed by atoms with Crippen molar-refractivity contribution in [3.05, 3.63) is 0 Å². The van der Waals surface area contributed by atoms with Crippen LogP contribution in [0.4, 0.5) is 0 Å².